The zero-order valence-electron chi connectivity index (χ0n) is 12.3. The predicted octanol–water partition coefficient (Wildman–Crippen LogP) is 5.05. The van der Waals surface area contributed by atoms with Crippen molar-refractivity contribution in [3.05, 3.63) is 51.5 Å². The molecule has 0 aliphatic heterocycles. The van der Waals surface area contributed by atoms with Gasteiger partial charge in [0.15, 0.2) is 5.82 Å². The fraction of sp³-hybridized carbons (Fsp3) is 0.188. The molecule has 4 nitrogen and oxygen atoms in total. The fourth-order valence-corrected chi connectivity index (χ4v) is 3.09. The van der Waals surface area contributed by atoms with Crippen LogP contribution in [0.2, 0.25) is 5.02 Å². The van der Waals surface area contributed by atoms with E-state index >= 15 is 0 Å². The standard InChI is InChI=1S/C16H14BrClFN3O/c1-23-5-4-9-6-13-16(21-8-20-13)14(19)15(9)22-12-3-2-10(17)7-11(12)18/h2-3,6-8,22H,4-5H2,1H3,(H,20,21). The van der Waals surface area contributed by atoms with Gasteiger partial charge in [-0.15, -0.1) is 0 Å². The molecule has 120 valence electrons. The summed E-state index contributed by atoms with van der Waals surface area (Å²) in [6.07, 6.45) is 2.04. The van der Waals surface area contributed by atoms with E-state index in [2.05, 4.69) is 31.2 Å². The molecule has 0 saturated heterocycles. The number of hydrogen-bond acceptors (Lipinski definition) is 3. The van der Waals surface area contributed by atoms with Gasteiger partial charge in [-0.2, -0.15) is 0 Å². The summed E-state index contributed by atoms with van der Waals surface area (Å²) in [5.74, 6) is -0.408. The Morgan fingerprint density at radius 3 is 2.96 bits per heavy atom. The van der Waals surface area contributed by atoms with Crippen molar-refractivity contribution in [3.8, 4) is 0 Å². The second-order valence-electron chi connectivity index (χ2n) is 5.02. The van der Waals surface area contributed by atoms with Gasteiger partial charge in [-0.3, -0.25) is 0 Å². The van der Waals surface area contributed by atoms with Gasteiger partial charge in [-0.05, 0) is 36.2 Å². The number of aromatic nitrogens is 2. The second kappa shape index (κ2) is 6.86. The number of ether oxygens (including phenoxy) is 1. The Morgan fingerprint density at radius 1 is 1.39 bits per heavy atom. The van der Waals surface area contributed by atoms with Gasteiger partial charge in [-0.25, -0.2) is 9.37 Å². The van der Waals surface area contributed by atoms with Crippen LogP contribution in [0.3, 0.4) is 0 Å². The summed E-state index contributed by atoms with van der Waals surface area (Å²) < 4.78 is 20.8. The van der Waals surface area contributed by atoms with Gasteiger partial charge in [0, 0.05) is 11.6 Å². The van der Waals surface area contributed by atoms with E-state index in [4.69, 9.17) is 16.3 Å². The quantitative estimate of drug-likeness (QED) is 0.632. The van der Waals surface area contributed by atoms with Crippen molar-refractivity contribution in [3.63, 3.8) is 0 Å². The predicted molar refractivity (Wildman–Crippen MR) is 94.1 cm³/mol. The molecule has 0 atom stereocenters. The molecule has 0 aliphatic rings. The van der Waals surface area contributed by atoms with Crippen molar-refractivity contribution in [2.75, 3.05) is 19.0 Å². The van der Waals surface area contributed by atoms with Crippen LogP contribution in [0.4, 0.5) is 15.8 Å². The van der Waals surface area contributed by atoms with Crippen molar-refractivity contribution in [2.24, 2.45) is 0 Å². The summed E-state index contributed by atoms with van der Waals surface area (Å²) >= 11 is 9.58. The highest BCUT2D eigenvalue weighted by molar-refractivity contribution is 9.10. The minimum Gasteiger partial charge on any atom is -0.384 e. The van der Waals surface area contributed by atoms with Gasteiger partial charge >= 0.3 is 0 Å². The number of methoxy groups -OCH3 is 1. The molecule has 2 aromatic carbocycles. The summed E-state index contributed by atoms with van der Waals surface area (Å²) in [5.41, 5.74) is 2.73. The summed E-state index contributed by atoms with van der Waals surface area (Å²) in [7, 11) is 1.61. The Balaban J connectivity index is 2.07. The summed E-state index contributed by atoms with van der Waals surface area (Å²) in [5, 5.41) is 3.59. The van der Waals surface area contributed by atoms with Gasteiger partial charge in [0.25, 0.3) is 0 Å². The Labute approximate surface area is 146 Å². The molecular formula is C16H14BrClFN3O. The molecule has 0 radical (unpaired) electrons. The summed E-state index contributed by atoms with van der Waals surface area (Å²) in [6.45, 7) is 0.488. The Morgan fingerprint density at radius 2 is 2.22 bits per heavy atom. The first-order valence-corrected chi connectivity index (χ1v) is 8.12. The van der Waals surface area contributed by atoms with Crippen LogP contribution in [0.25, 0.3) is 11.0 Å². The van der Waals surface area contributed by atoms with Gasteiger partial charge in [0.2, 0.25) is 0 Å². The third-order valence-electron chi connectivity index (χ3n) is 3.50. The minimum atomic E-state index is -0.408. The lowest BCUT2D eigenvalue weighted by molar-refractivity contribution is 0.202. The molecule has 0 saturated carbocycles. The number of anilines is 2. The van der Waals surface area contributed by atoms with E-state index in [1.807, 2.05) is 12.1 Å². The third-order valence-corrected chi connectivity index (χ3v) is 4.31. The van der Waals surface area contributed by atoms with Crippen LogP contribution >= 0.6 is 27.5 Å². The molecule has 0 spiro atoms. The lowest BCUT2D eigenvalue weighted by Crippen LogP contribution is -2.04. The molecule has 0 fully saturated rings. The number of nitrogens with one attached hydrogen (secondary N) is 2. The number of fused-ring (bicyclic) bond motifs is 1. The number of hydrogen-bond donors (Lipinski definition) is 2. The van der Waals surface area contributed by atoms with Crippen LogP contribution < -0.4 is 5.32 Å². The van der Waals surface area contributed by atoms with Gasteiger partial charge in [0.05, 0.1) is 34.8 Å². The highest BCUT2D eigenvalue weighted by Crippen LogP contribution is 2.33. The highest BCUT2D eigenvalue weighted by atomic mass is 79.9. The molecule has 3 rings (SSSR count). The van der Waals surface area contributed by atoms with E-state index in [-0.39, 0.29) is 0 Å². The summed E-state index contributed by atoms with van der Waals surface area (Å²) in [4.78, 5) is 6.97. The zero-order valence-corrected chi connectivity index (χ0v) is 14.6. The second-order valence-corrected chi connectivity index (χ2v) is 6.34. The van der Waals surface area contributed by atoms with Gasteiger partial charge in [-0.1, -0.05) is 27.5 Å². The molecule has 7 heteroatoms. The number of halogens is 3. The molecule has 0 unspecified atom stereocenters. The highest BCUT2D eigenvalue weighted by Gasteiger charge is 2.16. The van der Waals surface area contributed by atoms with Crippen molar-refractivity contribution < 1.29 is 9.13 Å². The number of nitrogens with zero attached hydrogens (tertiary/aromatic N) is 1. The van der Waals surface area contributed by atoms with E-state index in [0.29, 0.717) is 40.5 Å². The third kappa shape index (κ3) is 3.34. The maximum absolute atomic E-state index is 14.8. The molecule has 1 heterocycles. The Hall–Kier alpha value is -1.63. The fourth-order valence-electron chi connectivity index (χ4n) is 2.36. The normalized spacial score (nSPS) is 11.1. The largest absolute Gasteiger partial charge is 0.384 e. The zero-order chi connectivity index (χ0) is 16.4. The number of aromatic amines is 1. The molecule has 0 aliphatic carbocycles. The van der Waals surface area contributed by atoms with E-state index < -0.39 is 5.82 Å². The molecule has 23 heavy (non-hydrogen) atoms. The van der Waals surface area contributed by atoms with E-state index in [1.54, 1.807) is 19.2 Å². The molecule has 0 bridgehead atoms. The van der Waals surface area contributed by atoms with Crippen LogP contribution in [-0.2, 0) is 11.2 Å². The average molecular weight is 399 g/mol. The van der Waals surface area contributed by atoms with Gasteiger partial charge < -0.3 is 15.0 Å². The van der Waals surface area contributed by atoms with Gasteiger partial charge in [0.1, 0.15) is 5.52 Å². The smallest absolute Gasteiger partial charge is 0.174 e. The molecule has 2 N–H and O–H groups in total. The molecule has 1 aromatic heterocycles. The molecular weight excluding hydrogens is 385 g/mol. The number of H-pyrrole nitrogens is 1. The van der Waals surface area contributed by atoms with E-state index in [0.717, 1.165) is 10.0 Å². The first kappa shape index (κ1) is 16.2. The van der Waals surface area contributed by atoms with Crippen LogP contribution in [-0.4, -0.2) is 23.7 Å². The molecule has 0 amide bonds. The maximum atomic E-state index is 14.8. The van der Waals surface area contributed by atoms with Crippen LogP contribution in [0, 0.1) is 5.82 Å². The average Bonchev–Trinajstić information content (AvgIpc) is 2.99. The Bertz CT molecular complexity index is 853. The number of rotatable bonds is 5. The van der Waals surface area contributed by atoms with Crippen LogP contribution in [0.1, 0.15) is 5.56 Å². The summed E-state index contributed by atoms with van der Waals surface area (Å²) in [6, 6.07) is 7.26. The van der Waals surface area contributed by atoms with Crippen molar-refractivity contribution >= 4 is 49.9 Å². The maximum Gasteiger partial charge on any atom is 0.174 e. The first-order chi connectivity index (χ1) is 11.1. The van der Waals surface area contributed by atoms with Crippen molar-refractivity contribution in [2.45, 2.75) is 6.42 Å². The van der Waals surface area contributed by atoms with Crippen LogP contribution in [0.15, 0.2) is 35.1 Å². The minimum absolute atomic E-state index is 0.293. The monoisotopic (exact) mass is 397 g/mol. The van der Waals surface area contributed by atoms with E-state index in [9.17, 15) is 4.39 Å². The number of benzene rings is 2. The van der Waals surface area contributed by atoms with Crippen molar-refractivity contribution in [1.82, 2.24) is 9.97 Å². The van der Waals surface area contributed by atoms with Crippen molar-refractivity contribution in [1.29, 1.82) is 0 Å². The lowest BCUT2D eigenvalue weighted by Gasteiger charge is -2.15. The lowest BCUT2D eigenvalue weighted by atomic mass is 10.1. The molecule has 3 aromatic rings. The number of imidazole rings is 1. The van der Waals surface area contributed by atoms with Crippen LogP contribution in [0.5, 0.6) is 0 Å². The SMILES string of the molecule is COCCc1cc2[nH]cnc2c(F)c1Nc1ccc(Br)cc1Cl. The Kier molecular flexibility index (Phi) is 4.84. The van der Waals surface area contributed by atoms with E-state index in [1.165, 1.54) is 6.33 Å². The first-order valence-electron chi connectivity index (χ1n) is 6.95. The topological polar surface area (TPSA) is 49.9 Å².